The molecule has 6 nitrogen and oxygen atoms in total. The van der Waals surface area contributed by atoms with E-state index in [4.69, 9.17) is 5.73 Å². The summed E-state index contributed by atoms with van der Waals surface area (Å²) in [6, 6.07) is 8.66. The Morgan fingerprint density at radius 3 is 2.60 bits per heavy atom. The molecule has 0 aliphatic rings. The number of amides is 1. The van der Waals surface area contributed by atoms with Crippen molar-refractivity contribution in [3.8, 4) is 0 Å². The molecule has 0 aliphatic carbocycles. The van der Waals surface area contributed by atoms with Crippen LogP contribution in [0.5, 0.6) is 0 Å². The zero-order valence-corrected chi connectivity index (χ0v) is 15.3. The number of thioether (sulfide) groups is 1. The quantitative estimate of drug-likeness (QED) is 0.403. The molecule has 3 aromatic rings. The second kappa shape index (κ2) is 7.20. The first-order valence-corrected chi connectivity index (χ1v) is 9.29. The molecule has 1 atom stereocenters. The zero-order valence-electron chi connectivity index (χ0n) is 13.6. The molecule has 3 N–H and O–H groups in total. The number of nitrogens with one attached hydrogen (secondary N) is 1. The van der Waals surface area contributed by atoms with Crippen LogP contribution >= 0.6 is 23.1 Å². The van der Waals surface area contributed by atoms with Crippen LogP contribution in [-0.4, -0.2) is 26.9 Å². The van der Waals surface area contributed by atoms with Crippen molar-refractivity contribution in [1.29, 1.82) is 0 Å². The second-order valence-corrected chi connectivity index (χ2v) is 7.62. The zero-order chi connectivity index (χ0) is 18.0. The fourth-order valence-corrected chi connectivity index (χ4v) is 3.76. The first-order chi connectivity index (χ1) is 11.9. The van der Waals surface area contributed by atoms with Crippen LogP contribution in [0.15, 0.2) is 40.9 Å². The van der Waals surface area contributed by atoms with Gasteiger partial charge in [0.05, 0.1) is 10.6 Å². The molecule has 0 aliphatic heterocycles. The molecule has 3 rings (SSSR count). The van der Waals surface area contributed by atoms with Crippen LogP contribution in [0.4, 0.5) is 11.5 Å². The average molecular weight is 372 g/mol. The maximum Gasteiger partial charge on any atom is 0.237 e. The molecule has 0 saturated heterocycles. The molecule has 128 valence electrons. The lowest BCUT2D eigenvalue weighted by Crippen LogP contribution is -2.22. The van der Waals surface area contributed by atoms with Gasteiger partial charge < -0.3 is 11.1 Å². The number of carbonyl (C=O) groups is 2. The lowest BCUT2D eigenvalue weighted by atomic mass is 10.1. The molecule has 0 bridgehead atoms. The number of fused-ring (bicyclic) bond motifs is 1. The standard InChI is InChI=1S/C17H16N4O2S2/c1-9(22)11-3-5-12(6-4-11)19-15(23)10(2)25-17-20-14(18)13-7-8-24-16(13)21-17/h3-8,10H,1-2H3,(H,19,23)(H2,18,20,21)/t10-/m0/s1. The van der Waals surface area contributed by atoms with Gasteiger partial charge >= 0.3 is 0 Å². The number of nitrogens with two attached hydrogens (primary N) is 1. The fourth-order valence-electron chi connectivity index (χ4n) is 2.15. The molecule has 2 heterocycles. The highest BCUT2D eigenvalue weighted by Crippen LogP contribution is 2.28. The molecule has 0 saturated carbocycles. The fraction of sp³-hybridized carbons (Fsp3) is 0.176. The molecule has 0 unspecified atom stereocenters. The van der Waals surface area contributed by atoms with Gasteiger partial charge in [-0.05, 0) is 49.6 Å². The summed E-state index contributed by atoms with van der Waals surface area (Å²) in [4.78, 5) is 33.1. The van der Waals surface area contributed by atoms with Crippen LogP contribution < -0.4 is 11.1 Å². The summed E-state index contributed by atoms with van der Waals surface area (Å²) in [6.45, 7) is 3.28. The molecule has 0 spiro atoms. The molecular weight excluding hydrogens is 356 g/mol. The Morgan fingerprint density at radius 2 is 1.92 bits per heavy atom. The van der Waals surface area contributed by atoms with Gasteiger partial charge in [-0.15, -0.1) is 11.3 Å². The predicted octanol–water partition coefficient (Wildman–Crippen LogP) is 3.60. The highest BCUT2D eigenvalue weighted by Gasteiger charge is 2.17. The number of Topliss-reactive ketones (excluding diaryl/α,β-unsaturated/α-hetero) is 1. The Balaban J connectivity index is 1.68. The highest BCUT2D eigenvalue weighted by atomic mass is 32.2. The summed E-state index contributed by atoms with van der Waals surface area (Å²) in [5, 5.41) is 5.63. The van der Waals surface area contributed by atoms with Crippen molar-refractivity contribution >= 4 is 56.5 Å². The van der Waals surface area contributed by atoms with Gasteiger partial charge in [0, 0.05) is 11.3 Å². The molecule has 0 fully saturated rings. The molecule has 1 aromatic carbocycles. The van der Waals surface area contributed by atoms with Gasteiger partial charge in [0.15, 0.2) is 10.9 Å². The van der Waals surface area contributed by atoms with Crippen LogP contribution in [-0.2, 0) is 4.79 Å². The van der Waals surface area contributed by atoms with Crippen molar-refractivity contribution in [3.05, 3.63) is 41.3 Å². The smallest absolute Gasteiger partial charge is 0.237 e. The number of nitrogen functional groups attached to an aromatic ring is 1. The molecule has 1 amide bonds. The number of aromatic nitrogens is 2. The second-order valence-electron chi connectivity index (χ2n) is 5.41. The van der Waals surface area contributed by atoms with Crippen molar-refractivity contribution in [2.45, 2.75) is 24.3 Å². The molecular formula is C17H16N4O2S2. The van der Waals surface area contributed by atoms with Crippen LogP contribution in [0, 0.1) is 0 Å². The number of thiophene rings is 1. The minimum atomic E-state index is -0.399. The van der Waals surface area contributed by atoms with E-state index in [-0.39, 0.29) is 11.7 Å². The van der Waals surface area contributed by atoms with Gasteiger partial charge in [0.2, 0.25) is 5.91 Å². The number of carbonyl (C=O) groups excluding carboxylic acids is 2. The maximum atomic E-state index is 12.4. The third-order valence-corrected chi connectivity index (χ3v) is 5.31. The number of anilines is 2. The van der Waals surface area contributed by atoms with Gasteiger partial charge in [-0.3, -0.25) is 9.59 Å². The van der Waals surface area contributed by atoms with Crippen molar-refractivity contribution in [1.82, 2.24) is 9.97 Å². The SMILES string of the molecule is CC(=O)c1ccc(NC(=O)[C@H](C)Sc2nc(N)c3ccsc3n2)cc1. The summed E-state index contributed by atoms with van der Waals surface area (Å²) >= 11 is 2.73. The van der Waals surface area contributed by atoms with E-state index in [0.717, 1.165) is 10.2 Å². The van der Waals surface area contributed by atoms with Gasteiger partial charge in [0.1, 0.15) is 10.6 Å². The normalized spacial score (nSPS) is 12.1. The van der Waals surface area contributed by atoms with Crippen molar-refractivity contribution in [2.75, 3.05) is 11.1 Å². The van der Waals surface area contributed by atoms with Crippen LogP contribution in [0.3, 0.4) is 0 Å². The summed E-state index contributed by atoms with van der Waals surface area (Å²) < 4.78 is 0. The van der Waals surface area contributed by atoms with Gasteiger partial charge in [-0.25, -0.2) is 9.97 Å². The van der Waals surface area contributed by atoms with E-state index in [0.29, 0.717) is 22.2 Å². The van der Waals surface area contributed by atoms with E-state index in [1.54, 1.807) is 31.2 Å². The third kappa shape index (κ3) is 3.97. The summed E-state index contributed by atoms with van der Waals surface area (Å²) in [6.07, 6.45) is 0. The predicted molar refractivity (Wildman–Crippen MR) is 102 cm³/mol. The van der Waals surface area contributed by atoms with Gasteiger partial charge in [-0.2, -0.15) is 0 Å². The summed E-state index contributed by atoms with van der Waals surface area (Å²) in [7, 11) is 0. The Morgan fingerprint density at radius 1 is 1.20 bits per heavy atom. The monoisotopic (exact) mass is 372 g/mol. The number of benzene rings is 1. The third-order valence-electron chi connectivity index (χ3n) is 3.54. The van der Waals surface area contributed by atoms with Crippen molar-refractivity contribution in [3.63, 3.8) is 0 Å². The maximum absolute atomic E-state index is 12.4. The Bertz CT molecular complexity index is 937. The van der Waals surface area contributed by atoms with Crippen LogP contribution in [0.2, 0.25) is 0 Å². The highest BCUT2D eigenvalue weighted by molar-refractivity contribution is 8.00. The van der Waals surface area contributed by atoms with E-state index in [2.05, 4.69) is 15.3 Å². The molecule has 25 heavy (non-hydrogen) atoms. The molecule has 8 heteroatoms. The minimum Gasteiger partial charge on any atom is -0.383 e. The first kappa shape index (κ1) is 17.4. The Labute approximate surface area is 152 Å². The van der Waals surface area contributed by atoms with E-state index in [9.17, 15) is 9.59 Å². The van der Waals surface area contributed by atoms with Crippen LogP contribution in [0.1, 0.15) is 24.2 Å². The van der Waals surface area contributed by atoms with Crippen molar-refractivity contribution in [2.24, 2.45) is 0 Å². The molecule has 2 aromatic heterocycles. The summed E-state index contributed by atoms with van der Waals surface area (Å²) in [5.41, 5.74) is 7.17. The number of rotatable bonds is 5. The summed E-state index contributed by atoms with van der Waals surface area (Å²) in [5.74, 6) is 0.232. The van der Waals surface area contributed by atoms with E-state index in [1.165, 1.54) is 30.0 Å². The largest absolute Gasteiger partial charge is 0.383 e. The van der Waals surface area contributed by atoms with Crippen LogP contribution in [0.25, 0.3) is 10.2 Å². The average Bonchev–Trinajstić information content (AvgIpc) is 3.04. The lowest BCUT2D eigenvalue weighted by Gasteiger charge is -2.11. The molecule has 0 radical (unpaired) electrons. The lowest BCUT2D eigenvalue weighted by molar-refractivity contribution is -0.115. The van der Waals surface area contributed by atoms with Gasteiger partial charge in [-0.1, -0.05) is 11.8 Å². The Kier molecular flexibility index (Phi) is 5.00. The number of nitrogens with zero attached hydrogens (tertiary/aromatic N) is 2. The van der Waals surface area contributed by atoms with Gasteiger partial charge in [0.25, 0.3) is 0 Å². The van der Waals surface area contributed by atoms with E-state index >= 15 is 0 Å². The Hall–Kier alpha value is -2.45. The van der Waals surface area contributed by atoms with E-state index < -0.39 is 5.25 Å². The first-order valence-electron chi connectivity index (χ1n) is 7.53. The van der Waals surface area contributed by atoms with Crippen molar-refractivity contribution < 1.29 is 9.59 Å². The van der Waals surface area contributed by atoms with E-state index in [1.807, 2.05) is 11.4 Å². The topological polar surface area (TPSA) is 98.0 Å². The number of hydrogen-bond acceptors (Lipinski definition) is 7. The number of ketones is 1. The number of hydrogen-bond donors (Lipinski definition) is 2. The minimum absolute atomic E-state index is 0.0134.